The van der Waals surface area contributed by atoms with Crippen LogP contribution in [0.3, 0.4) is 0 Å². The summed E-state index contributed by atoms with van der Waals surface area (Å²) in [6.07, 6.45) is -4.34. The smallest absolute Gasteiger partial charge is 0.422 e. The molecular formula is C9H11F3N2O. The third-order valence-electron chi connectivity index (χ3n) is 1.63. The largest absolute Gasteiger partial charge is 0.480 e. The summed E-state index contributed by atoms with van der Waals surface area (Å²) in [5.41, 5.74) is 0.707. The molecule has 1 aromatic heterocycles. The zero-order valence-electron chi connectivity index (χ0n) is 8.35. The van der Waals surface area contributed by atoms with Crippen molar-refractivity contribution >= 4 is 5.82 Å². The first kappa shape index (κ1) is 11.6. The van der Waals surface area contributed by atoms with E-state index in [2.05, 4.69) is 15.0 Å². The van der Waals surface area contributed by atoms with Crippen LogP contribution in [-0.4, -0.2) is 24.8 Å². The zero-order chi connectivity index (χ0) is 11.5. The van der Waals surface area contributed by atoms with E-state index in [1.165, 1.54) is 6.07 Å². The molecule has 1 heterocycles. The highest BCUT2D eigenvalue weighted by atomic mass is 19.4. The minimum atomic E-state index is -4.34. The number of alkyl halides is 3. The Bertz CT molecular complexity index is 339. The fourth-order valence-electron chi connectivity index (χ4n) is 0.999. The summed E-state index contributed by atoms with van der Waals surface area (Å²) in [4.78, 5) is 3.99. The number of rotatable bonds is 3. The van der Waals surface area contributed by atoms with E-state index in [0.717, 1.165) is 0 Å². The van der Waals surface area contributed by atoms with Crippen LogP contribution in [0.15, 0.2) is 12.1 Å². The van der Waals surface area contributed by atoms with Gasteiger partial charge in [-0.05, 0) is 19.1 Å². The van der Waals surface area contributed by atoms with Crippen molar-refractivity contribution in [3.05, 3.63) is 17.8 Å². The highest BCUT2D eigenvalue weighted by Crippen LogP contribution is 2.24. The van der Waals surface area contributed by atoms with Crippen LogP contribution in [0.5, 0.6) is 5.75 Å². The molecule has 0 aliphatic carbocycles. The Labute approximate surface area is 85.3 Å². The van der Waals surface area contributed by atoms with Crippen LogP contribution in [0.1, 0.15) is 5.69 Å². The minimum absolute atomic E-state index is 0.0976. The van der Waals surface area contributed by atoms with E-state index >= 15 is 0 Å². The second kappa shape index (κ2) is 4.37. The third-order valence-corrected chi connectivity index (χ3v) is 1.63. The van der Waals surface area contributed by atoms with Gasteiger partial charge in [-0.3, -0.25) is 0 Å². The second-order valence-corrected chi connectivity index (χ2v) is 2.95. The topological polar surface area (TPSA) is 34.2 Å². The van der Waals surface area contributed by atoms with Gasteiger partial charge in [0.25, 0.3) is 0 Å². The number of aromatic nitrogens is 1. The number of nitrogens with zero attached hydrogens (tertiary/aromatic N) is 1. The van der Waals surface area contributed by atoms with Crippen LogP contribution >= 0.6 is 0 Å². The average Bonchev–Trinajstić information content (AvgIpc) is 2.14. The molecule has 0 bridgehead atoms. The number of halogens is 3. The van der Waals surface area contributed by atoms with Gasteiger partial charge in [0.2, 0.25) is 0 Å². The Morgan fingerprint density at radius 2 is 2.07 bits per heavy atom. The molecule has 0 aliphatic rings. The normalized spacial score (nSPS) is 11.3. The van der Waals surface area contributed by atoms with E-state index in [1.54, 1.807) is 20.0 Å². The molecule has 6 heteroatoms. The zero-order valence-corrected chi connectivity index (χ0v) is 8.35. The lowest BCUT2D eigenvalue weighted by Crippen LogP contribution is -2.19. The molecule has 0 saturated heterocycles. The Morgan fingerprint density at radius 1 is 1.40 bits per heavy atom. The van der Waals surface area contributed by atoms with E-state index in [4.69, 9.17) is 0 Å². The molecule has 84 valence electrons. The molecule has 0 unspecified atom stereocenters. The highest BCUT2D eigenvalue weighted by molar-refractivity contribution is 5.49. The Morgan fingerprint density at radius 3 is 2.60 bits per heavy atom. The van der Waals surface area contributed by atoms with Crippen LogP contribution in [0.25, 0.3) is 0 Å². The van der Waals surface area contributed by atoms with Crippen molar-refractivity contribution in [1.29, 1.82) is 0 Å². The van der Waals surface area contributed by atoms with Crippen molar-refractivity contribution in [2.75, 3.05) is 19.0 Å². The lowest BCUT2D eigenvalue weighted by Gasteiger charge is -2.12. The number of hydrogen-bond acceptors (Lipinski definition) is 3. The van der Waals surface area contributed by atoms with Crippen molar-refractivity contribution in [2.45, 2.75) is 13.1 Å². The molecule has 1 rings (SSSR count). The number of nitrogens with one attached hydrogen (secondary N) is 1. The predicted octanol–water partition coefficient (Wildman–Crippen LogP) is 2.37. The maximum atomic E-state index is 11.9. The van der Waals surface area contributed by atoms with Crippen LogP contribution in [0, 0.1) is 6.92 Å². The summed E-state index contributed by atoms with van der Waals surface area (Å²) in [7, 11) is 1.57. The lowest BCUT2D eigenvalue weighted by atomic mass is 10.3. The van der Waals surface area contributed by atoms with Gasteiger partial charge in [-0.1, -0.05) is 0 Å². The van der Waals surface area contributed by atoms with Crippen molar-refractivity contribution in [1.82, 2.24) is 4.98 Å². The van der Waals surface area contributed by atoms with Gasteiger partial charge >= 0.3 is 6.18 Å². The van der Waals surface area contributed by atoms with Gasteiger partial charge in [-0.25, -0.2) is 4.98 Å². The van der Waals surface area contributed by atoms with Gasteiger partial charge < -0.3 is 10.1 Å². The summed E-state index contributed by atoms with van der Waals surface area (Å²) in [6.45, 7) is 0.431. The summed E-state index contributed by atoms with van der Waals surface area (Å²) in [6, 6.07) is 3.05. The van der Waals surface area contributed by atoms with Gasteiger partial charge in [-0.2, -0.15) is 13.2 Å². The van der Waals surface area contributed by atoms with E-state index in [0.29, 0.717) is 11.5 Å². The molecule has 15 heavy (non-hydrogen) atoms. The number of aryl methyl sites for hydroxylation is 1. The van der Waals surface area contributed by atoms with Gasteiger partial charge in [0.05, 0.1) is 0 Å². The number of hydrogen-bond donors (Lipinski definition) is 1. The summed E-state index contributed by atoms with van der Waals surface area (Å²) < 4.78 is 40.3. The van der Waals surface area contributed by atoms with Crippen LogP contribution in [0.4, 0.5) is 19.0 Å². The maximum Gasteiger partial charge on any atom is 0.422 e. The summed E-state index contributed by atoms with van der Waals surface area (Å²) in [5, 5.41) is 2.67. The monoisotopic (exact) mass is 220 g/mol. The van der Waals surface area contributed by atoms with Crippen LogP contribution in [-0.2, 0) is 0 Å². The molecule has 0 aromatic carbocycles. The molecule has 1 aromatic rings. The van der Waals surface area contributed by atoms with Crippen molar-refractivity contribution in [3.63, 3.8) is 0 Å². The fraction of sp³-hybridized carbons (Fsp3) is 0.444. The first-order valence-corrected chi connectivity index (χ1v) is 4.27. The van der Waals surface area contributed by atoms with E-state index in [1.807, 2.05) is 0 Å². The number of ether oxygens (including phenoxy) is 1. The van der Waals surface area contributed by atoms with Crippen molar-refractivity contribution in [2.24, 2.45) is 0 Å². The van der Waals surface area contributed by atoms with Gasteiger partial charge in [0, 0.05) is 12.7 Å². The second-order valence-electron chi connectivity index (χ2n) is 2.95. The predicted molar refractivity (Wildman–Crippen MR) is 50.1 cm³/mol. The lowest BCUT2D eigenvalue weighted by molar-refractivity contribution is -0.153. The highest BCUT2D eigenvalue weighted by Gasteiger charge is 2.28. The van der Waals surface area contributed by atoms with Gasteiger partial charge in [0.1, 0.15) is 0 Å². The first-order valence-electron chi connectivity index (χ1n) is 4.27. The molecule has 0 radical (unpaired) electrons. The SMILES string of the molecule is CNc1nc(C)ccc1OCC(F)(F)F. The maximum absolute atomic E-state index is 11.9. The average molecular weight is 220 g/mol. The standard InChI is InChI=1S/C9H11F3N2O/c1-6-3-4-7(8(13-2)14-6)15-5-9(10,11)12/h3-4H,5H2,1-2H3,(H,13,14). The fourth-order valence-corrected chi connectivity index (χ4v) is 0.999. The molecule has 3 nitrogen and oxygen atoms in total. The molecular weight excluding hydrogens is 209 g/mol. The Hall–Kier alpha value is -1.46. The van der Waals surface area contributed by atoms with Gasteiger partial charge in [-0.15, -0.1) is 0 Å². The van der Waals surface area contributed by atoms with E-state index in [-0.39, 0.29) is 5.75 Å². The summed E-state index contributed by atoms with van der Waals surface area (Å²) >= 11 is 0. The van der Waals surface area contributed by atoms with Crippen LogP contribution in [0.2, 0.25) is 0 Å². The van der Waals surface area contributed by atoms with Crippen molar-refractivity contribution in [3.8, 4) is 5.75 Å². The quantitative estimate of drug-likeness (QED) is 0.849. The third kappa shape index (κ3) is 3.65. The number of pyridine rings is 1. The minimum Gasteiger partial charge on any atom is -0.480 e. The molecule has 0 fully saturated rings. The van der Waals surface area contributed by atoms with Gasteiger partial charge in [0.15, 0.2) is 18.2 Å². The molecule has 1 N–H and O–H groups in total. The van der Waals surface area contributed by atoms with E-state index < -0.39 is 12.8 Å². The molecule has 0 spiro atoms. The first-order chi connectivity index (χ1) is 6.92. The molecule has 0 saturated carbocycles. The molecule has 0 atom stereocenters. The Kier molecular flexibility index (Phi) is 3.39. The Balaban J connectivity index is 2.76. The molecule has 0 amide bonds. The summed E-state index contributed by atoms with van der Waals surface area (Å²) in [5.74, 6) is 0.402. The van der Waals surface area contributed by atoms with E-state index in [9.17, 15) is 13.2 Å². The molecule has 0 aliphatic heterocycles. The number of anilines is 1. The van der Waals surface area contributed by atoms with Crippen LogP contribution < -0.4 is 10.1 Å². The van der Waals surface area contributed by atoms with Crippen molar-refractivity contribution < 1.29 is 17.9 Å².